The van der Waals surface area contributed by atoms with Gasteiger partial charge in [-0.3, -0.25) is 9.59 Å². The standard InChI is InChI=1S/C18H18N4O4/c1-10-20-13(8-16(24)21-10)6-11-4-3-5-12(17(11)25)7-15-19-9-14(23)18(22-15)26-2/h6-9,23H,3-5H2,1-2H3,(H,20,21,24)/b11-6+,12-7+. The van der Waals surface area contributed by atoms with Crippen LogP contribution in [-0.2, 0) is 4.79 Å². The van der Waals surface area contributed by atoms with E-state index in [0.29, 0.717) is 35.5 Å². The van der Waals surface area contributed by atoms with Gasteiger partial charge in [-0.15, -0.1) is 0 Å². The molecule has 0 unspecified atom stereocenters. The summed E-state index contributed by atoms with van der Waals surface area (Å²) in [5, 5.41) is 9.56. The summed E-state index contributed by atoms with van der Waals surface area (Å²) in [5.41, 5.74) is 1.36. The maximum atomic E-state index is 12.7. The fourth-order valence-corrected chi connectivity index (χ4v) is 2.78. The highest BCUT2D eigenvalue weighted by atomic mass is 16.5. The summed E-state index contributed by atoms with van der Waals surface area (Å²) >= 11 is 0. The van der Waals surface area contributed by atoms with E-state index in [1.807, 2.05) is 0 Å². The van der Waals surface area contributed by atoms with E-state index in [4.69, 9.17) is 4.74 Å². The maximum absolute atomic E-state index is 12.7. The number of H-pyrrole nitrogens is 1. The predicted octanol–water partition coefficient (Wildman–Crippen LogP) is 1.80. The van der Waals surface area contributed by atoms with Crippen LogP contribution in [-0.4, -0.2) is 37.9 Å². The molecule has 2 aromatic heterocycles. The van der Waals surface area contributed by atoms with E-state index in [1.165, 1.54) is 19.4 Å². The van der Waals surface area contributed by atoms with E-state index in [1.54, 1.807) is 19.1 Å². The molecule has 1 aliphatic carbocycles. The van der Waals surface area contributed by atoms with Crippen molar-refractivity contribution in [3.05, 3.63) is 51.1 Å². The summed E-state index contributed by atoms with van der Waals surface area (Å²) in [4.78, 5) is 39.2. The fraction of sp³-hybridized carbons (Fsp3) is 0.278. The Kier molecular flexibility index (Phi) is 4.92. The van der Waals surface area contributed by atoms with E-state index in [9.17, 15) is 14.7 Å². The minimum atomic E-state index is -0.257. The van der Waals surface area contributed by atoms with E-state index in [2.05, 4.69) is 19.9 Å². The number of carbonyl (C=O) groups excluding carboxylic acids is 1. The summed E-state index contributed by atoms with van der Waals surface area (Å²) in [6, 6.07) is 1.36. The molecular formula is C18H18N4O4. The van der Waals surface area contributed by atoms with Crippen LogP contribution < -0.4 is 10.3 Å². The summed E-state index contributed by atoms with van der Waals surface area (Å²) in [7, 11) is 1.39. The average molecular weight is 354 g/mol. The number of hydrogen-bond donors (Lipinski definition) is 2. The molecule has 0 atom stereocenters. The van der Waals surface area contributed by atoms with Crippen LogP contribution in [0.15, 0.2) is 28.2 Å². The Labute approximate surface area is 149 Å². The smallest absolute Gasteiger partial charge is 0.260 e. The number of ketones is 1. The number of Topliss-reactive ketones (excluding diaryl/α,β-unsaturated/α-hetero) is 1. The Morgan fingerprint density at radius 2 is 1.92 bits per heavy atom. The van der Waals surface area contributed by atoms with Crippen molar-refractivity contribution >= 4 is 17.9 Å². The second-order valence-corrected chi connectivity index (χ2v) is 5.90. The van der Waals surface area contributed by atoms with Crippen LogP contribution in [0.25, 0.3) is 12.2 Å². The molecule has 26 heavy (non-hydrogen) atoms. The van der Waals surface area contributed by atoms with Gasteiger partial charge in [0, 0.05) is 17.2 Å². The van der Waals surface area contributed by atoms with E-state index in [0.717, 1.165) is 6.42 Å². The molecule has 2 N–H and O–H groups in total. The van der Waals surface area contributed by atoms with Gasteiger partial charge >= 0.3 is 0 Å². The number of allylic oxidation sites excluding steroid dienone is 2. The molecular weight excluding hydrogens is 336 g/mol. The molecule has 8 heteroatoms. The number of aromatic nitrogens is 4. The Balaban J connectivity index is 1.92. The van der Waals surface area contributed by atoms with Gasteiger partial charge in [0.2, 0.25) is 0 Å². The Morgan fingerprint density at radius 3 is 2.62 bits per heavy atom. The zero-order chi connectivity index (χ0) is 18.7. The van der Waals surface area contributed by atoms with Crippen LogP contribution in [0.1, 0.15) is 36.6 Å². The summed E-state index contributed by atoms with van der Waals surface area (Å²) in [5.74, 6) is 0.545. The highest BCUT2D eigenvalue weighted by molar-refractivity contribution is 6.13. The number of nitrogens with zero attached hydrogens (tertiary/aromatic N) is 3. The third-order valence-electron chi connectivity index (χ3n) is 3.93. The Morgan fingerprint density at radius 1 is 1.19 bits per heavy atom. The van der Waals surface area contributed by atoms with Gasteiger partial charge in [0.25, 0.3) is 11.4 Å². The number of carbonyl (C=O) groups is 1. The van der Waals surface area contributed by atoms with E-state index in [-0.39, 0.29) is 28.8 Å². The van der Waals surface area contributed by atoms with Crippen LogP contribution in [0.4, 0.5) is 0 Å². The largest absolute Gasteiger partial charge is 0.502 e. The molecule has 1 aliphatic rings. The Hall–Kier alpha value is -3.29. The zero-order valence-corrected chi connectivity index (χ0v) is 14.4. The van der Waals surface area contributed by atoms with Gasteiger partial charge in [0.15, 0.2) is 17.4 Å². The van der Waals surface area contributed by atoms with Crippen molar-refractivity contribution in [3.8, 4) is 11.6 Å². The van der Waals surface area contributed by atoms with Crippen molar-refractivity contribution in [2.75, 3.05) is 7.11 Å². The van der Waals surface area contributed by atoms with Gasteiger partial charge in [-0.2, -0.15) is 4.98 Å². The van der Waals surface area contributed by atoms with Crippen molar-refractivity contribution < 1.29 is 14.6 Å². The molecule has 2 aromatic rings. The van der Waals surface area contributed by atoms with Gasteiger partial charge in [-0.05, 0) is 38.3 Å². The number of methoxy groups -OCH3 is 1. The maximum Gasteiger partial charge on any atom is 0.260 e. The minimum absolute atomic E-state index is 0.0501. The molecule has 0 aliphatic heterocycles. The number of ether oxygens (including phenoxy) is 1. The summed E-state index contributed by atoms with van der Waals surface area (Å²) in [6.45, 7) is 1.69. The summed E-state index contributed by atoms with van der Waals surface area (Å²) in [6.07, 6.45) is 6.48. The lowest BCUT2D eigenvalue weighted by Gasteiger charge is -2.16. The van der Waals surface area contributed by atoms with Gasteiger partial charge in [0.05, 0.1) is 19.0 Å². The van der Waals surface area contributed by atoms with Crippen molar-refractivity contribution in [1.29, 1.82) is 0 Å². The molecule has 0 bridgehead atoms. The molecule has 1 saturated carbocycles. The van der Waals surface area contributed by atoms with Crippen LogP contribution in [0.3, 0.4) is 0 Å². The lowest BCUT2D eigenvalue weighted by atomic mass is 9.88. The van der Waals surface area contributed by atoms with Crippen molar-refractivity contribution in [2.24, 2.45) is 0 Å². The van der Waals surface area contributed by atoms with E-state index < -0.39 is 0 Å². The molecule has 0 saturated heterocycles. The number of aromatic amines is 1. The first kappa shape index (κ1) is 17.5. The second kappa shape index (κ2) is 7.30. The lowest BCUT2D eigenvalue weighted by Crippen LogP contribution is -2.14. The number of aromatic hydroxyl groups is 1. The van der Waals surface area contributed by atoms with Gasteiger partial charge in [-0.25, -0.2) is 9.97 Å². The van der Waals surface area contributed by atoms with Crippen molar-refractivity contribution in [1.82, 2.24) is 19.9 Å². The SMILES string of the molecule is COc1nc(/C=C2\CCC/C(=C\c3cc(=O)[nH]c(C)n3)C2=O)ncc1O. The first-order chi connectivity index (χ1) is 12.5. The molecule has 0 spiro atoms. The molecule has 0 amide bonds. The normalized spacial score (nSPS) is 17.7. The topological polar surface area (TPSA) is 118 Å². The average Bonchev–Trinajstić information content (AvgIpc) is 2.59. The van der Waals surface area contributed by atoms with Gasteiger partial charge < -0.3 is 14.8 Å². The van der Waals surface area contributed by atoms with E-state index >= 15 is 0 Å². The first-order valence-corrected chi connectivity index (χ1v) is 8.10. The highest BCUT2D eigenvalue weighted by Gasteiger charge is 2.21. The minimum Gasteiger partial charge on any atom is -0.502 e. The predicted molar refractivity (Wildman–Crippen MR) is 94.7 cm³/mol. The number of nitrogens with one attached hydrogen (secondary N) is 1. The third-order valence-corrected chi connectivity index (χ3v) is 3.93. The van der Waals surface area contributed by atoms with Crippen molar-refractivity contribution in [3.63, 3.8) is 0 Å². The molecule has 2 heterocycles. The molecule has 0 aromatic carbocycles. The van der Waals surface area contributed by atoms with Crippen LogP contribution in [0.5, 0.6) is 11.6 Å². The molecule has 134 valence electrons. The Bertz CT molecular complexity index is 975. The number of rotatable bonds is 3. The monoisotopic (exact) mass is 354 g/mol. The zero-order valence-electron chi connectivity index (χ0n) is 14.4. The third kappa shape index (κ3) is 3.85. The molecule has 3 rings (SSSR count). The number of hydrogen-bond acceptors (Lipinski definition) is 7. The lowest BCUT2D eigenvalue weighted by molar-refractivity contribution is -0.112. The van der Waals surface area contributed by atoms with Crippen LogP contribution in [0, 0.1) is 6.92 Å². The van der Waals surface area contributed by atoms with Crippen LogP contribution in [0.2, 0.25) is 0 Å². The second-order valence-electron chi connectivity index (χ2n) is 5.90. The summed E-state index contributed by atoms with van der Waals surface area (Å²) < 4.78 is 4.96. The van der Waals surface area contributed by atoms with Gasteiger partial charge in [-0.1, -0.05) is 0 Å². The van der Waals surface area contributed by atoms with Crippen LogP contribution >= 0.6 is 0 Å². The quantitative estimate of drug-likeness (QED) is 0.807. The van der Waals surface area contributed by atoms with Gasteiger partial charge in [0.1, 0.15) is 5.82 Å². The molecule has 0 radical (unpaired) electrons. The highest BCUT2D eigenvalue weighted by Crippen LogP contribution is 2.28. The molecule has 8 nitrogen and oxygen atoms in total. The fourth-order valence-electron chi connectivity index (χ4n) is 2.78. The number of aryl methyl sites for hydroxylation is 1. The van der Waals surface area contributed by atoms with Crippen molar-refractivity contribution in [2.45, 2.75) is 26.2 Å². The first-order valence-electron chi connectivity index (χ1n) is 8.10. The molecule has 1 fully saturated rings.